The number of hydrogen-bond donors (Lipinski definition) is 2. The van der Waals surface area contributed by atoms with Gasteiger partial charge in [-0.25, -0.2) is 4.98 Å². The van der Waals surface area contributed by atoms with Crippen molar-refractivity contribution in [2.75, 3.05) is 41.0 Å². The number of rotatable bonds is 11. The summed E-state index contributed by atoms with van der Waals surface area (Å²) in [5, 5.41) is 7.80. The van der Waals surface area contributed by atoms with E-state index in [4.69, 9.17) is 14.2 Å². The number of hydrogen-bond acceptors (Lipinski definition) is 6. The Labute approximate surface area is 200 Å². The van der Waals surface area contributed by atoms with Crippen molar-refractivity contribution in [1.29, 1.82) is 0 Å². The second-order valence-electron chi connectivity index (χ2n) is 6.27. The van der Waals surface area contributed by atoms with Crippen LogP contribution in [0.1, 0.15) is 29.3 Å². The van der Waals surface area contributed by atoms with E-state index in [9.17, 15) is 0 Å². The molecule has 168 valence electrons. The minimum absolute atomic E-state index is 0. The fraction of sp³-hybridized carbons (Fsp3) is 0.524. The van der Waals surface area contributed by atoms with Crippen molar-refractivity contribution in [1.82, 2.24) is 15.6 Å². The zero-order valence-corrected chi connectivity index (χ0v) is 21.6. The van der Waals surface area contributed by atoms with Crippen LogP contribution in [0.25, 0.3) is 0 Å². The number of nitrogens with zero attached hydrogens (tertiary/aromatic N) is 2. The highest BCUT2D eigenvalue weighted by Crippen LogP contribution is 2.34. The molecule has 1 aromatic heterocycles. The zero-order valence-electron chi connectivity index (χ0n) is 18.4. The van der Waals surface area contributed by atoms with E-state index in [2.05, 4.69) is 34.5 Å². The third-order valence-electron chi connectivity index (χ3n) is 4.37. The zero-order chi connectivity index (χ0) is 21.1. The van der Waals surface area contributed by atoms with E-state index < -0.39 is 0 Å². The van der Waals surface area contributed by atoms with Gasteiger partial charge in [0.1, 0.15) is 17.2 Å². The van der Waals surface area contributed by atoms with Crippen LogP contribution in [0.2, 0.25) is 0 Å². The maximum absolute atomic E-state index is 5.52. The van der Waals surface area contributed by atoms with Gasteiger partial charge in [-0.15, -0.1) is 35.3 Å². The van der Waals surface area contributed by atoms with Gasteiger partial charge in [0.25, 0.3) is 0 Å². The van der Waals surface area contributed by atoms with E-state index in [1.54, 1.807) is 32.7 Å². The summed E-state index contributed by atoms with van der Waals surface area (Å²) in [5.41, 5.74) is 0.994. The number of halogens is 1. The molecule has 1 aromatic carbocycles. The summed E-state index contributed by atoms with van der Waals surface area (Å²) < 4.78 is 16.4. The largest absolute Gasteiger partial charge is 0.496 e. The van der Waals surface area contributed by atoms with Gasteiger partial charge in [0, 0.05) is 54.8 Å². The first-order valence-electron chi connectivity index (χ1n) is 9.89. The minimum Gasteiger partial charge on any atom is -0.496 e. The Morgan fingerprint density at radius 1 is 1.03 bits per heavy atom. The lowest BCUT2D eigenvalue weighted by atomic mass is 10.1. The Bertz CT molecular complexity index is 773. The van der Waals surface area contributed by atoms with Gasteiger partial charge in [-0.1, -0.05) is 6.92 Å². The normalized spacial score (nSPS) is 10.9. The standard InChI is InChI=1S/C21H32N4O3S.HI/c1-6-16-14-25-20(29-16)9-11-24-21(22-7-2)23-10-8-17-18(27-4)12-15(26-3)13-19(17)28-5;/h12-14H,6-11H2,1-5H3,(H2,22,23,24);1H. The third kappa shape index (κ3) is 7.82. The Hall–Kier alpha value is -1.75. The van der Waals surface area contributed by atoms with Crippen LogP contribution < -0.4 is 24.8 Å². The maximum Gasteiger partial charge on any atom is 0.191 e. The summed E-state index contributed by atoms with van der Waals surface area (Å²) in [4.78, 5) is 10.4. The predicted octanol–water partition coefficient (Wildman–Crippen LogP) is 3.69. The molecule has 2 aromatic rings. The van der Waals surface area contributed by atoms with Crippen molar-refractivity contribution in [2.24, 2.45) is 4.99 Å². The topological polar surface area (TPSA) is 77.0 Å². The number of aryl methyl sites for hydroxylation is 1. The molecule has 1 heterocycles. The van der Waals surface area contributed by atoms with E-state index in [1.165, 1.54) is 4.88 Å². The van der Waals surface area contributed by atoms with Crippen LogP contribution in [-0.2, 0) is 19.3 Å². The van der Waals surface area contributed by atoms with E-state index in [-0.39, 0.29) is 24.0 Å². The maximum atomic E-state index is 5.52. The van der Waals surface area contributed by atoms with Gasteiger partial charge in [0.15, 0.2) is 5.96 Å². The number of aromatic nitrogens is 1. The number of methoxy groups -OCH3 is 3. The van der Waals surface area contributed by atoms with Crippen molar-refractivity contribution in [3.05, 3.63) is 33.8 Å². The lowest BCUT2D eigenvalue weighted by Crippen LogP contribution is -2.38. The van der Waals surface area contributed by atoms with Gasteiger partial charge in [0.05, 0.1) is 26.3 Å². The molecule has 0 amide bonds. The summed E-state index contributed by atoms with van der Waals surface area (Å²) in [6.45, 7) is 6.40. The molecular weight excluding hydrogens is 515 g/mol. The highest BCUT2D eigenvalue weighted by atomic mass is 127. The number of thiazole rings is 1. The summed E-state index contributed by atoms with van der Waals surface area (Å²) in [6.07, 6.45) is 4.57. The van der Waals surface area contributed by atoms with Crippen LogP contribution in [0.4, 0.5) is 0 Å². The molecule has 0 saturated carbocycles. The summed E-state index contributed by atoms with van der Waals surface area (Å²) in [5.74, 6) is 3.01. The number of ether oxygens (including phenoxy) is 3. The van der Waals surface area contributed by atoms with Gasteiger partial charge in [-0.05, 0) is 19.8 Å². The lowest BCUT2D eigenvalue weighted by Gasteiger charge is -2.16. The van der Waals surface area contributed by atoms with Crippen LogP contribution in [-0.4, -0.2) is 51.9 Å². The first-order chi connectivity index (χ1) is 14.1. The van der Waals surface area contributed by atoms with E-state index in [1.807, 2.05) is 18.3 Å². The smallest absolute Gasteiger partial charge is 0.191 e. The van der Waals surface area contributed by atoms with Crippen molar-refractivity contribution in [2.45, 2.75) is 33.1 Å². The minimum atomic E-state index is 0. The van der Waals surface area contributed by atoms with Crippen molar-refractivity contribution in [3.8, 4) is 17.2 Å². The van der Waals surface area contributed by atoms with Crippen LogP contribution in [0, 0.1) is 0 Å². The second-order valence-corrected chi connectivity index (χ2v) is 7.47. The van der Waals surface area contributed by atoms with Gasteiger partial charge >= 0.3 is 0 Å². The molecular formula is C21H33IN4O3S. The molecule has 9 heteroatoms. The van der Waals surface area contributed by atoms with Crippen molar-refractivity contribution >= 4 is 41.3 Å². The Morgan fingerprint density at radius 3 is 2.27 bits per heavy atom. The lowest BCUT2D eigenvalue weighted by molar-refractivity contribution is 0.368. The highest BCUT2D eigenvalue weighted by Gasteiger charge is 2.13. The van der Waals surface area contributed by atoms with Crippen LogP contribution in [0.5, 0.6) is 17.2 Å². The Kier molecular flexibility index (Phi) is 12.5. The molecule has 7 nitrogen and oxygen atoms in total. The second kappa shape index (κ2) is 14.3. The summed E-state index contributed by atoms with van der Waals surface area (Å²) in [7, 11) is 4.93. The quantitative estimate of drug-likeness (QED) is 0.254. The van der Waals surface area contributed by atoms with Crippen LogP contribution in [0.15, 0.2) is 23.3 Å². The average molecular weight is 548 g/mol. The molecule has 0 fully saturated rings. The molecule has 0 spiro atoms. The number of nitrogens with one attached hydrogen (secondary N) is 2. The predicted molar refractivity (Wildman–Crippen MR) is 134 cm³/mol. The molecule has 2 N–H and O–H groups in total. The van der Waals surface area contributed by atoms with E-state index in [0.717, 1.165) is 53.8 Å². The molecule has 0 saturated heterocycles. The fourth-order valence-corrected chi connectivity index (χ4v) is 3.71. The highest BCUT2D eigenvalue weighted by molar-refractivity contribution is 14.0. The monoisotopic (exact) mass is 548 g/mol. The summed E-state index contributed by atoms with van der Waals surface area (Å²) >= 11 is 1.76. The Balaban J connectivity index is 0.00000450. The van der Waals surface area contributed by atoms with Crippen molar-refractivity contribution in [3.63, 3.8) is 0 Å². The van der Waals surface area contributed by atoms with Crippen LogP contribution >= 0.6 is 35.3 Å². The first-order valence-corrected chi connectivity index (χ1v) is 10.7. The SMILES string of the molecule is CCNC(=NCCc1ncc(CC)s1)NCCc1c(OC)cc(OC)cc1OC.I. The van der Waals surface area contributed by atoms with Crippen LogP contribution in [0.3, 0.4) is 0 Å². The van der Waals surface area contributed by atoms with E-state index in [0.29, 0.717) is 18.8 Å². The molecule has 30 heavy (non-hydrogen) atoms. The molecule has 2 rings (SSSR count). The number of benzene rings is 1. The molecule has 0 aliphatic heterocycles. The van der Waals surface area contributed by atoms with Gasteiger partial charge in [-0.2, -0.15) is 0 Å². The fourth-order valence-electron chi connectivity index (χ4n) is 2.86. The number of guanidine groups is 1. The van der Waals surface area contributed by atoms with Gasteiger partial charge in [0.2, 0.25) is 0 Å². The molecule has 0 aliphatic carbocycles. The van der Waals surface area contributed by atoms with E-state index >= 15 is 0 Å². The molecule has 0 bridgehead atoms. The Morgan fingerprint density at radius 2 is 1.73 bits per heavy atom. The van der Waals surface area contributed by atoms with Crippen molar-refractivity contribution < 1.29 is 14.2 Å². The molecule has 0 atom stereocenters. The average Bonchev–Trinajstić information content (AvgIpc) is 3.21. The number of aliphatic imine (C=N–C) groups is 1. The summed E-state index contributed by atoms with van der Waals surface area (Å²) in [6, 6.07) is 3.74. The molecule has 0 unspecified atom stereocenters. The molecule has 0 aliphatic rings. The molecule has 0 radical (unpaired) electrons. The first kappa shape index (κ1) is 26.3. The third-order valence-corrected chi connectivity index (χ3v) is 5.58. The van der Waals surface area contributed by atoms with Gasteiger partial charge < -0.3 is 24.8 Å². The van der Waals surface area contributed by atoms with Gasteiger partial charge in [-0.3, -0.25) is 4.99 Å².